The van der Waals surface area contributed by atoms with Crippen LogP contribution >= 0.6 is 11.6 Å². The Morgan fingerprint density at radius 3 is 2.65 bits per heavy atom. The maximum atomic E-state index is 11.8. The Bertz CT molecular complexity index is 527. The number of rotatable bonds is 5. The van der Waals surface area contributed by atoms with Gasteiger partial charge in [0.25, 0.3) is 0 Å². The minimum Gasteiger partial charge on any atom is -0.353 e. The molecule has 1 N–H and O–H groups in total. The van der Waals surface area contributed by atoms with Crippen molar-refractivity contribution < 1.29 is 9.59 Å². The number of benzene rings is 1. The summed E-state index contributed by atoms with van der Waals surface area (Å²) >= 11 is 5.93. The van der Waals surface area contributed by atoms with Crippen LogP contribution in [0.4, 0.5) is 5.69 Å². The van der Waals surface area contributed by atoms with Gasteiger partial charge < -0.3 is 10.2 Å². The summed E-state index contributed by atoms with van der Waals surface area (Å²) in [6.07, 6.45) is 2.45. The molecule has 0 heterocycles. The van der Waals surface area contributed by atoms with E-state index in [4.69, 9.17) is 11.6 Å². The van der Waals surface area contributed by atoms with E-state index in [1.807, 2.05) is 19.1 Å². The van der Waals surface area contributed by atoms with Gasteiger partial charge in [-0.1, -0.05) is 11.6 Å². The number of hydrogen-bond donors (Lipinski definition) is 1. The SMILES string of the molecule is CC(=O)N(CCC(=O)NC1CC1)c1ccc(Cl)cc1C. The van der Waals surface area contributed by atoms with Crippen molar-refractivity contribution in [3.8, 4) is 0 Å². The molecule has 0 atom stereocenters. The van der Waals surface area contributed by atoms with Gasteiger partial charge in [0, 0.05) is 36.6 Å². The van der Waals surface area contributed by atoms with Crippen LogP contribution in [0.2, 0.25) is 5.02 Å². The lowest BCUT2D eigenvalue weighted by Crippen LogP contribution is -2.34. The van der Waals surface area contributed by atoms with Gasteiger partial charge in [-0.2, -0.15) is 0 Å². The number of aryl methyl sites for hydroxylation is 1. The highest BCUT2D eigenvalue weighted by atomic mass is 35.5. The Hall–Kier alpha value is -1.55. The van der Waals surface area contributed by atoms with Gasteiger partial charge in [-0.25, -0.2) is 0 Å². The van der Waals surface area contributed by atoms with Gasteiger partial charge in [-0.3, -0.25) is 9.59 Å². The van der Waals surface area contributed by atoms with Crippen LogP contribution in [0.5, 0.6) is 0 Å². The van der Waals surface area contributed by atoms with Gasteiger partial charge in [0.05, 0.1) is 0 Å². The predicted octanol–water partition coefficient (Wildman–Crippen LogP) is 2.67. The number of nitrogens with one attached hydrogen (secondary N) is 1. The zero-order chi connectivity index (χ0) is 14.7. The van der Waals surface area contributed by atoms with Crippen molar-refractivity contribution in [2.24, 2.45) is 0 Å². The molecule has 4 nitrogen and oxygen atoms in total. The van der Waals surface area contributed by atoms with Crippen molar-refractivity contribution in [1.82, 2.24) is 5.32 Å². The summed E-state index contributed by atoms with van der Waals surface area (Å²) in [7, 11) is 0. The number of anilines is 1. The van der Waals surface area contributed by atoms with E-state index in [1.165, 1.54) is 6.92 Å². The summed E-state index contributed by atoms with van der Waals surface area (Å²) in [5.74, 6) is -0.0694. The molecule has 2 rings (SSSR count). The summed E-state index contributed by atoms with van der Waals surface area (Å²) in [5, 5.41) is 3.57. The van der Waals surface area contributed by atoms with E-state index in [9.17, 15) is 9.59 Å². The standard InChI is InChI=1S/C15H19ClN2O2/c1-10-9-12(16)3-6-14(10)18(11(2)19)8-7-15(20)17-13-4-5-13/h3,6,9,13H,4-5,7-8H2,1-2H3,(H,17,20). The molecule has 5 heteroatoms. The first kappa shape index (κ1) is 14.9. The first-order valence-electron chi connectivity index (χ1n) is 6.81. The van der Waals surface area contributed by atoms with Gasteiger partial charge in [0.2, 0.25) is 11.8 Å². The van der Waals surface area contributed by atoms with Crippen molar-refractivity contribution in [1.29, 1.82) is 0 Å². The molecule has 0 saturated heterocycles. The lowest BCUT2D eigenvalue weighted by atomic mass is 10.1. The van der Waals surface area contributed by atoms with Crippen LogP contribution in [0, 0.1) is 6.92 Å². The molecule has 1 saturated carbocycles. The molecule has 1 aromatic rings. The van der Waals surface area contributed by atoms with Crippen molar-refractivity contribution in [3.63, 3.8) is 0 Å². The summed E-state index contributed by atoms with van der Waals surface area (Å²) in [6.45, 7) is 3.80. The van der Waals surface area contributed by atoms with Crippen LogP contribution in [-0.4, -0.2) is 24.4 Å². The molecular weight excluding hydrogens is 276 g/mol. The highest BCUT2D eigenvalue weighted by Crippen LogP contribution is 2.24. The molecule has 1 aliphatic rings. The lowest BCUT2D eigenvalue weighted by Gasteiger charge is -2.23. The molecule has 0 unspecified atom stereocenters. The van der Waals surface area contributed by atoms with Gasteiger partial charge in [-0.05, 0) is 43.5 Å². The van der Waals surface area contributed by atoms with Gasteiger partial charge in [0.15, 0.2) is 0 Å². The van der Waals surface area contributed by atoms with E-state index in [2.05, 4.69) is 5.32 Å². The van der Waals surface area contributed by atoms with E-state index in [-0.39, 0.29) is 11.8 Å². The zero-order valence-corrected chi connectivity index (χ0v) is 12.5. The van der Waals surface area contributed by atoms with Crippen molar-refractivity contribution in [2.45, 2.75) is 39.2 Å². The van der Waals surface area contributed by atoms with Crippen LogP contribution in [0.25, 0.3) is 0 Å². The predicted molar refractivity (Wildman–Crippen MR) is 80.0 cm³/mol. The highest BCUT2D eigenvalue weighted by Gasteiger charge is 2.23. The van der Waals surface area contributed by atoms with E-state index >= 15 is 0 Å². The first-order chi connectivity index (χ1) is 9.47. The second-order valence-electron chi connectivity index (χ2n) is 5.19. The van der Waals surface area contributed by atoms with Gasteiger partial charge in [-0.15, -0.1) is 0 Å². The Kier molecular flexibility index (Phi) is 4.65. The number of nitrogens with zero attached hydrogens (tertiary/aromatic N) is 1. The van der Waals surface area contributed by atoms with Crippen LogP contribution in [0.1, 0.15) is 31.7 Å². The molecule has 1 aromatic carbocycles. The van der Waals surface area contributed by atoms with E-state index in [1.54, 1.807) is 11.0 Å². The average Bonchev–Trinajstić information content (AvgIpc) is 3.15. The second-order valence-corrected chi connectivity index (χ2v) is 5.63. The summed E-state index contributed by atoms with van der Waals surface area (Å²) in [6, 6.07) is 5.74. The molecule has 0 aromatic heterocycles. The van der Waals surface area contributed by atoms with Gasteiger partial charge in [0.1, 0.15) is 0 Å². The molecule has 0 bridgehead atoms. The van der Waals surface area contributed by atoms with Crippen molar-refractivity contribution in [2.75, 3.05) is 11.4 Å². The molecule has 1 aliphatic carbocycles. The highest BCUT2D eigenvalue weighted by molar-refractivity contribution is 6.30. The summed E-state index contributed by atoms with van der Waals surface area (Å²) in [5.41, 5.74) is 1.73. The summed E-state index contributed by atoms with van der Waals surface area (Å²) < 4.78 is 0. The molecule has 0 spiro atoms. The second kappa shape index (κ2) is 6.27. The third-order valence-corrected chi connectivity index (χ3v) is 3.57. The molecule has 20 heavy (non-hydrogen) atoms. The molecule has 1 fully saturated rings. The third kappa shape index (κ3) is 3.97. The molecule has 2 amide bonds. The van der Waals surface area contributed by atoms with E-state index in [0.29, 0.717) is 24.0 Å². The quantitative estimate of drug-likeness (QED) is 0.907. The van der Waals surface area contributed by atoms with E-state index in [0.717, 1.165) is 24.1 Å². The largest absolute Gasteiger partial charge is 0.353 e. The van der Waals surface area contributed by atoms with Crippen molar-refractivity contribution >= 4 is 29.1 Å². The van der Waals surface area contributed by atoms with Crippen LogP contribution in [0.15, 0.2) is 18.2 Å². The number of carbonyl (C=O) groups excluding carboxylic acids is 2. The molecule has 0 radical (unpaired) electrons. The molecule has 0 aliphatic heterocycles. The normalized spacial score (nSPS) is 13.9. The van der Waals surface area contributed by atoms with Crippen LogP contribution in [0.3, 0.4) is 0 Å². The van der Waals surface area contributed by atoms with Gasteiger partial charge >= 0.3 is 0 Å². The number of halogens is 1. The number of hydrogen-bond acceptors (Lipinski definition) is 2. The topological polar surface area (TPSA) is 49.4 Å². The molecule has 108 valence electrons. The minimum atomic E-state index is -0.0744. The third-order valence-electron chi connectivity index (χ3n) is 3.33. The number of amides is 2. The van der Waals surface area contributed by atoms with Crippen molar-refractivity contribution in [3.05, 3.63) is 28.8 Å². The van der Waals surface area contributed by atoms with E-state index < -0.39 is 0 Å². The maximum Gasteiger partial charge on any atom is 0.223 e. The Morgan fingerprint density at radius 1 is 1.40 bits per heavy atom. The van der Waals surface area contributed by atoms with Crippen LogP contribution in [-0.2, 0) is 9.59 Å². The Morgan fingerprint density at radius 2 is 2.10 bits per heavy atom. The van der Waals surface area contributed by atoms with Crippen LogP contribution < -0.4 is 10.2 Å². The lowest BCUT2D eigenvalue weighted by molar-refractivity contribution is -0.121. The fraction of sp³-hybridized carbons (Fsp3) is 0.467. The zero-order valence-electron chi connectivity index (χ0n) is 11.8. The fourth-order valence-electron chi connectivity index (χ4n) is 2.11. The monoisotopic (exact) mass is 294 g/mol. The Balaban J connectivity index is 2.02. The first-order valence-corrected chi connectivity index (χ1v) is 7.19. The summed E-state index contributed by atoms with van der Waals surface area (Å²) in [4.78, 5) is 25.1. The fourth-order valence-corrected chi connectivity index (χ4v) is 2.34. The number of carbonyl (C=O) groups is 2. The Labute approximate surface area is 124 Å². The smallest absolute Gasteiger partial charge is 0.223 e. The minimum absolute atomic E-state index is 0.00497. The average molecular weight is 295 g/mol. The maximum absolute atomic E-state index is 11.8. The molecular formula is C15H19ClN2O2.